The molecule has 0 radical (unpaired) electrons. The van der Waals surface area contributed by atoms with E-state index in [4.69, 9.17) is 21.1 Å². The Bertz CT molecular complexity index is 952. The molecule has 3 heterocycles. The Morgan fingerprint density at radius 2 is 1.90 bits per heavy atom. The second kappa shape index (κ2) is 9.01. The maximum absolute atomic E-state index is 13.2. The van der Waals surface area contributed by atoms with Crippen LogP contribution in [0.3, 0.4) is 0 Å². The van der Waals surface area contributed by atoms with Crippen molar-refractivity contribution in [3.8, 4) is 0 Å². The number of hydrogen-bond acceptors (Lipinski definition) is 5. The number of nitrogens with zero attached hydrogens (tertiary/aromatic N) is 1. The van der Waals surface area contributed by atoms with Crippen molar-refractivity contribution < 1.29 is 23.5 Å². The fourth-order valence-corrected chi connectivity index (χ4v) is 5.06. The van der Waals surface area contributed by atoms with Gasteiger partial charge in [-0.2, -0.15) is 0 Å². The maximum atomic E-state index is 13.2. The Morgan fingerprint density at radius 1 is 1.20 bits per heavy atom. The Morgan fingerprint density at radius 3 is 2.57 bits per heavy atom. The van der Waals surface area contributed by atoms with Crippen LogP contribution in [0, 0.1) is 18.7 Å². The molecule has 2 fully saturated rings. The third kappa shape index (κ3) is 4.51. The molecule has 30 heavy (non-hydrogen) atoms. The van der Waals surface area contributed by atoms with Gasteiger partial charge in [0.1, 0.15) is 5.82 Å². The molecule has 2 aromatic rings. The van der Waals surface area contributed by atoms with Crippen LogP contribution in [0.15, 0.2) is 24.3 Å². The van der Waals surface area contributed by atoms with Crippen LogP contribution >= 0.6 is 22.9 Å². The molecule has 2 aliphatic heterocycles. The van der Waals surface area contributed by atoms with E-state index in [1.54, 1.807) is 6.07 Å². The van der Waals surface area contributed by atoms with Gasteiger partial charge in [0, 0.05) is 19.0 Å². The largest absolute Gasteiger partial charge is 0.350 e. The molecule has 2 aliphatic rings. The summed E-state index contributed by atoms with van der Waals surface area (Å²) in [4.78, 5) is 27.9. The first-order valence-corrected chi connectivity index (χ1v) is 11.0. The summed E-state index contributed by atoms with van der Waals surface area (Å²) in [5, 5.41) is 3.33. The van der Waals surface area contributed by atoms with Crippen molar-refractivity contribution in [2.45, 2.75) is 26.1 Å². The van der Waals surface area contributed by atoms with Gasteiger partial charge in [0.05, 0.1) is 33.7 Å². The van der Waals surface area contributed by atoms with Crippen LogP contribution in [0.2, 0.25) is 5.02 Å². The average Bonchev–Trinajstić information content (AvgIpc) is 3.37. The number of nitrogens with one attached hydrogen (secondary N) is 1. The van der Waals surface area contributed by atoms with E-state index in [0.717, 1.165) is 24.5 Å². The summed E-state index contributed by atoms with van der Waals surface area (Å²) < 4.78 is 24.4. The molecule has 1 aromatic carbocycles. The quantitative estimate of drug-likeness (QED) is 0.749. The van der Waals surface area contributed by atoms with Gasteiger partial charge in [0.2, 0.25) is 0 Å². The first kappa shape index (κ1) is 21.2. The summed E-state index contributed by atoms with van der Waals surface area (Å²) in [7, 11) is 0. The number of piperidine rings is 1. The molecule has 0 aliphatic carbocycles. The molecule has 1 aromatic heterocycles. The van der Waals surface area contributed by atoms with E-state index >= 15 is 0 Å². The Balaban J connectivity index is 1.39. The lowest BCUT2D eigenvalue weighted by molar-refractivity contribution is -0.0956. The van der Waals surface area contributed by atoms with E-state index in [0.29, 0.717) is 42.1 Å². The van der Waals surface area contributed by atoms with Crippen LogP contribution in [0.25, 0.3) is 0 Å². The van der Waals surface area contributed by atoms with Crippen LogP contribution in [-0.2, 0) is 9.47 Å². The molecule has 0 atom stereocenters. The Labute approximate surface area is 182 Å². The molecule has 160 valence electrons. The third-order valence-corrected chi connectivity index (χ3v) is 6.84. The lowest BCUT2D eigenvalue weighted by Crippen LogP contribution is -2.41. The van der Waals surface area contributed by atoms with Gasteiger partial charge in [-0.1, -0.05) is 11.6 Å². The van der Waals surface area contributed by atoms with E-state index < -0.39 is 11.7 Å². The summed E-state index contributed by atoms with van der Waals surface area (Å²) in [6, 6.07) is 5.37. The molecule has 0 saturated carbocycles. The normalized spacial score (nSPS) is 18.0. The van der Waals surface area contributed by atoms with E-state index in [2.05, 4.69) is 5.32 Å². The topological polar surface area (TPSA) is 67.9 Å². The minimum atomic E-state index is -0.508. The van der Waals surface area contributed by atoms with Crippen LogP contribution in [0.1, 0.15) is 38.4 Å². The molecule has 1 N–H and O–H groups in total. The minimum absolute atomic E-state index is 0.0372. The molecule has 0 bridgehead atoms. The lowest BCUT2D eigenvalue weighted by Gasteiger charge is -2.33. The Kier molecular flexibility index (Phi) is 6.38. The standard InChI is InChI=1S/C21H22ClFN2O4S/c1-12-10-17(24-19(26)15-3-2-14(23)11-16(15)22)30-18(12)20(27)25-6-4-13(5-7-25)21-28-8-9-29-21/h2-3,10-11,13,21H,4-9H2,1H3,(H,24,26). The average molecular weight is 453 g/mol. The van der Waals surface area contributed by atoms with Crippen LogP contribution in [0.4, 0.5) is 9.39 Å². The highest BCUT2D eigenvalue weighted by Crippen LogP contribution is 2.31. The highest BCUT2D eigenvalue weighted by Gasteiger charge is 2.32. The molecule has 9 heteroatoms. The predicted octanol–water partition coefficient (Wildman–Crippen LogP) is 4.33. The number of amides is 2. The number of carbonyl (C=O) groups is 2. The van der Waals surface area contributed by atoms with Crippen molar-refractivity contribution in [2.24, 2.45) is 5.92 Å². The maximum Gasteiger partial charge on any atom is 0.264 e. The number of hydrogen-bond donors (Lipinski definition) is 1. The van der Waals surface area contributed by atoms with Crippen molar-refractivity contribution in [3.05, 3.63) is 51.1 Å². The molecule has 4 rings (SSSR count). The first-order valence-electron chi connectivity index (χ1n) is 9.81. The zero-order valence-electron chi connectivity index (χ0n) is 16.5. The lowest BCUT2D eigenvalue weighted by atomic mass is 9.96. The van der Waals surface area contributed by atoms with Gasteiger partial charge in [-0.15, -0.1) is 11.3 Å². The number of carbonyl (C=O) groups excluding carboxylic acids is 2. The van der Waals surface area contributed by atoms with E-state index in [1.807, 2.05) is 11.8 Å². The van der Waals surface area contributed by atoms with Crippen LogP contribution in [-0.4, -0.2) is 49.3 Å². The highest BCUT2D eigenvalue weighted by atomic mass is 35.5. The van der Waals surface area contributed by atoms with Gasteiger partial charge < -0.3 is 19.7 Å². The number of likely N-dealkylation sites (tertiary alicyclic amines) is 1. The van der Waals surface area contributed by atoms with Crippen molar-refractivity contribution in [2.75, 3.05) is 31.6 Å². The van der Waals surface area contributed by atoms with Crippen molar-refractivity contribution in [1.29, 1.82) is 0 Å². The van der Waals surface area contributed by atoms with Gasteiger partial charge in [0.25, 0.3) is 11.8 Å². The summed E-state index contributed by atoms with van der Waals surface area (Å²) in [5.41, 5.74) is 0.977. The van der Waals surface area contributed by atoms with E-state index in [9.17, 15) is 14.0 Å². The molecule has 0 unspecified atom stereocenters. The number of benzene rings is 1. The monoisotopic (exact) mass is 452 g/mol. The van der Waals surface area contributed by atoms with Gasteiger partial charge in [-0.05, 0) is 49.6 Å². The van der Waals surface area contributed by atoms with E-state index in [1.165, 1.54) is 23.5 Å². The van der Waals surface area contributed by atoms with Crippen molar-refractivity contribution >= 4 is 39.8 Å². The van der Waals surface area contributed by atoms with Crippen molar-refractivity contribution in [1.82, 2.24) is 4.90 Å². The summed E-state index contributed by atoms with van der Waals surface area (Å²) in [6.45, 7) is 4.41. The SMILES string of the molecule is Cc1cc(NC(=O)c2ccc(F)cc2Cl)sc1C(=O)N1CCC(C2OCCO2)CC1. The predicted molar refractivity (Wildman–Crippen MR) is 113 cm³/mol. The fraction of sp³-hybridized carbons (Fsp3) is 0.429. The fourth-order valence-electron chi connectivity index (χ4n) is 3.78. The minimum Gasteiger partial charge on any atom is -0.350 e. The molecule has 2 saturated heterocycles. The van der Waals surface area contributed by atoms with E-state index in [-0.39, 0.29) is 22.8 Å². The summed E-state index contributed by atoms with van der Waals surface area (Å²) in [5.74, 6) is -0.676. The molecule has 0 spiro atoms. The van der Waals surface area contributed by atoms with Gasteiger partial charge >= 0.3 is 0 Å². The zero-order valence-corrected chi connectivity index (χ0v) is 18.0. The Hall–Kier alpha value is -2.00. The summed E-state index contributed by atoms with van der Waals surface area (Å²) in [6.07, 6.45) is 1.53. The number of aryl methyl sites for hydroxylation is 1. The first-order chi connectivity index (χ1) is 14.4. The summed E-state index contributed by atoms with van der Waals surface area (Å²) >= 11 is 7.19. The number of ether oxygens (including phenoxy) is 2. The molecular formula is C21H22ClFN2O4S. The van der Waals surface area contributed by atoms with Gasteiger partial charge in [-0.25, -0.2) is 4.39 Å². The molecule has 6 nitrogen and oxygen atoms in total. The zero-order chi connectivity index (χ0) is 21.3. The molecule has 2 amide bonds. The van der Waals surface area contributed by atoms with Gasteiger partial charge in [-0.3, -0.25) is 9.59 Å². The highest BCUT2D eigenvalue weighted by molar-refractivity contribution is 7.18. The van der Waals surface area contributed by atoms with Crippen molar-refractivity contribution in [3.63, 3.8) is 0 Å². The second-order valence-corrected chi connectivity index (χ2v) is 8.90. The number of halogens is 2. The molecular weight excluding hydrogens is 431 g/mol. The number of rotatable bonds is 4. The second-order valence-electron chi connectivity index (χ2n) is 7.44. The van der Waals surface area contributed by atoms with Crippen LogP contribution < -0.4 is 5.32 Å². The smallest absolute Gasteiger partial charge is 0.264 e. The van der Waals surface area contributed by atoms with Gasteiger partial charge in [0.15, 0.2) is 6.29 Å². The number of anilines is 1. The van der Waals surface area contributed by atoms with Crippen LogP contribution in [0.5, 0.6) is 0 Å². The third-order valence-electron chi connectivity index (χ3n) is 5.38. The number of thiophene rings is 1.